The van der Waals surface area contributed by atoms with Gasteiger partial charge in [-0.25, -0.2) is 9.97 Å². The number of carboxylic acids is 1. The minimum atomic E-state index is -0.854. The van der Waals surface area contributed by atoms with E-state index in [1.165, 1.54) is 11.8 Å². The summed E-state index contributed by atoms with van der Waals surface area (Å²) in [6.45, 7) is 4.13. The van der Waals surface area contributed by atoms with E-state index < -0.39 is 5.97 Å². The monoisotopic (exact) mass is 283 g/mol. The van der Waals surface area contributed by atoms with Gasteiger partial charge in [0.15, 0.2) is 5.16 Å². The fraction of sp³-hybridized carbons (Fsp3) is 0.500. The first-order valence-corrected chi connectivity index (χ1v) is 6.89. The van der Waals surface area contributed by atoms with Crippen molar-refractivity contribution in [2.24, 2.45) is 0 Å². The van der Waals surface area contributed by atoms with Crippen molar-refractivity contribution in [1.29, 1.82) is 0 Å². The molecular weight excluding hydrogens is 266 g/mol. The van der Waals surface area contributed by atoms with E-state index in [4.69, 9.17) is 5.11 Å². The van der Waals surface area contributed by atoms with E-state index in [2.05, 4.69) is 15.3 Å². The molecule has 1 aromatic heterocycles. The number of aryl methyl sites for hydroxylation is 2. The van der Waals surface area contributed by atoms with Gasteiger partial charge in [-0.2, -0.15) is 0 Å². The molecule has 0 unspecified atom stereocenters. The van der Waals surface area contributed by atoms with Crippen LogP contribution in [0.5, 0.6) is 0 Å². The number of aliphatic carboxylic acids is 1. The van der Waals surface area contributed by atoms with Crippen LogP contribution in [0.15, 0.2) is 11.2 Å². The fourth-order valence-corrected chi connectivity index (χ4v) is 2.19. The van der Waals surface area contributed by atoms with E-state index >= 15 is 0 Å². The lowest BCUT2D eigenvalue weighted by Gasteiger charge is -2.04. The van der Waals surface area contributed by atoms with Gasteiger partial charge in [-0.1, -0.05) is 11.8 Å². The van der Waals surface area contributed by atoms with Crippen LogP contribution in [-0.4, -0.2) is 39.2 Å². The Morgan fingerprint density at radius 3 is 2.53 bits per heavy atom. The number of hydrogen-bond acceptors (Lipinski definition) is 5. The Balaban J connectivity index is 2.28. The van der Waals surface area contributed by atoms with Crippen LogP contribution in [-0.2, 0) is 9.59 Å². The summed E-state index contributed by atoms with van der Waals surface area (Å²) in [6, 6.07) is 1.87. The van der Waals surface area contributed by atoms with Gasteiger partial charge in [0, 0.05) is 24.4 Å². The molecule has 0 aromatic carbocycles. The number of carbonyl (C=O) groups is 2. The van der Waals surface area contributed by atoms with Crippen LogP contribution in [0.4, 0.5) is 0 Å². The smallest absolute Gasteiger partial charge is 0.303 e. The molecule has 0 aliphatic carbocycles. The molecular formula is C12H17N3O3S. The predicted molar refractivity (Wildman–Crippen MR) is 72.1 cm³/mol. The first-order valence-electron chi connectivity index (χ1n) is 5.91. The van der Waals surface area contributed by atoms with Gasteiger partial charge in [0.2, 0.25) is 5.91 Å². The van der Waals surface area contributed by atoms with Crippen LogP contribution in [0.25, 0.3) is 0 Å². The second-order valence-corrected chi connectivity index (χ2v) is 5.01. The number of thioether (sulfide) groups is 1. The van der Waals surface area contributed by atoms with Gasteiger partial charge in [0.05, 0.1) is 5.75 Å². The number of carbonyl (C=O) groups excluding carboxylic acids is 1. The van der Waals surface area contributed by atoms with E-state index in [0.717, 1.165) is 11.4 Å². The van der Waals surface area contributed by atoms with E-state index in [1.807, 2.05) is 19.9 Å². The third-order valence-corrected chi connectivity index (χ3v) is 3.03. The van der Waals surface area contributed by atoms with Crippen LogP contribution in [0, 0.1) is 13.8 Å². The van der Waals surface area contributed by atoms with Gasteiger partial charge in [-0.05, 0) is 26.3 Å². The summed E-state index contributed by atoms with van der Waals surface area (Å²) in [4.78, 5) is 30.2. The zero-order chi connectivity index (χ0) is 14.3. The van der Waals surface area contributed by atoms with Crippen LogP contribution in [0.1, 0.15) is 24.2 Å². The quantitative estimate of drug-likeness (QED) is 0.443. The van der Waals surface area contributed by atoms with Crippen molar-refractivity contribution in [3.8, 4) is 0 Å². The molecule has 1 rings (SSSR count). The van der Waals surface area contributed by atoms with Crippen molar-refractivity contribution >= 4 is 23.6 Å². The molecule has 0 aliphatic rings. The molecule has 0 atom stereocenters. The molecule has 7 heteroatoms. The predicted octanol–water partition coefficient (Wildman–Crippen LogP) is 1.17. The van der Waals surface area contributed by atoms with Gasteiger partial charge >= 0.3 is 5.97 Å². The third-order valence-electron chi connectivity index (χ3n) is 2.18. The normalized spacial score (nSPS) is 10.2. The summed E-state index contributed by atoms with van der Waals surface area (Å²) in [7, 11) is 0. The Morgan fingerprint density at radius 1 is 1.32 bits per heavy atom. The average Bonchev–Trinajstić information content (AvgIpc) is 2.31. The fourth-order valence-electron chi connectivity index (χ4n) is 1.41. The van der Waals surface area contributed by atoms with Gasteiger partial charge in [-0.15, -0.1) is 0 Å². The van der Waals surface area contributed by atoms with E-state index in [0.29, 0.717) is 18.1 Å². The molecule has 0 bridgehead atoms. The van der Waals surface area contributed by atoms with Crippen molar-refractivity contribution in [1.82, 2.24) is 15.3 Å². The maximum absolute atomic E-state index is 11.5. The molecule has 2 N–H and O–H groups in total. The summed E-state index contributed by atoms with van der Waals surface area (Å²) >= 11 is 1.27. The molecule has 6 nitrogen and oxygen atoms in total. The van der Waals surface area contributed by atoms with Crippen molar-refractivity contribution in [3.05, 3.63) is 17.5 Å². The zero-order valence-corrected chi connectivity index (χ0v) is 11.8. The lowest BCUT2D eigenvalue weighted by molar-refractivity contribution is -0.137. The summed E-state index contributed by atoms with van der Waals surface area (Å²) in [5.41, 5.74) is 1.74. The first-order chi connectivity index (χ1) is 8.97. The number of aromatic nitrogens is 2. The van der Waals surface area contributed by atoms with Crippen LogP contribution in [0.3, 0.4) is 0 Å². The Kier molecular flexibility index (Phi) is 6.27. The number of nitrogens with one attached hydrogen (secondary N) is 1. The lowest BCUT2D eigenvalue weighted by atomic mass is 10.3. The Labute approximate surface area is 116 Å². The van der Waals surface area contributed by atoms with Crippen LogP contribution < -0.4 is 5.32 Å². The lowest BCUT2D eigenvalue weighted by Crippen LogP contribution is -2.26. The molecule has 0 saturated heterocycles. The summed E-state index contributed by atoms with van der Waals surface area (Å²) in [5.74, 6) is -0.763. The summed E-state index contributed by atoms with van der Waals surface area (Å²) in [6.07, 6.45) is 0.499. The average molecular weight is 283 g/mol. The molecule has 1 amide bonds. The van der Waals surface area contributed by atoms with Crippen LogP contribution >= 0.6 is 11.8 Å². The number of amides is 1. The highest BCUT2D eigenvalue weighted by atomic mass is 32.2. The first kappa shape index (κ1) is 15.4. The maximum atomic E-state index is 11.5. The van der Waals surface area contributed by atoms with E-state index in [-0.39, 0.29) is 18.1 Å². The Hall–Kier alpha value is -1.63. The number of nitrogens with zero attached hydrogens (tertiary/aromatic N) is 2. The van der Waals surface area contributed by atoms with Crippen molar-refractivity contribution in [3.63, 3.8) is 0 Å². The SMILES string of the molecule is Cc1cc(C)nc(SCC(=O)NCCCC(=O)O)n1. The highest BCUT2D eigenvalue weighted by Gasteiger charge is 2.06. The molecule has 0 saturated carbocycles. The number of carboxylic acid groups (broad SMARTS) is 1. The Morgan fingerprint density at radius 2 is 1.95 bits per heavy atom. The molecule has 1 aromatic rings. The molecule has 0 aliphatic heterocycles. The van der Waals surface area contributed by atoms with E-state index in [1.54, 1.807) is 0 Å². The molecule has 1 heterocycles. The second kappa shape index (κ2) is 7.73. The molecule has 19 heavy (non-hydrogen) atoms. The summed E-state index contributed by atoms with van der Waals surface area (Å²) in [5, 5.41) is 11.7. The Bertz CT molecular complexity index is 445. The molecule has 0 spiro atoms. The van der Waals surface area contributed by atoms with Crippen LogP contribution in [0.2, 0.25) is 0 Å². The van der Waals surface area contributed by atoms with Gasteiger partial charge in [0.1, 0.15) is 0 Å². The van der Waals surface area contributed by atoms with Gasteiger partial charge < -0.3 is 10.4 Å². The minimum Gasteiger partial charge on any atom is -0.481 e. The van der Waals surface area contributed by atoms with Gasteiger partial charge in [0.25, 0.3) is 0 Å². The van der Waals surface area contributed by atoms with Crippen molar-refractivity contribution in [2.45, 2.75) is 31.8 Å². The highest BCUT2D eigenvalue weighted by Crippen LogP contribution is 2.13. The van der Waals surface area contributed by atoms with Crippen molar-refractivity contribution < 1.29 is 14.7 Å². The largest absolute Gasteiger partial charge is 0.481 e. The standard InChI is InChI=1S/C12H17N3O3S/c1-8-6-9(2)15-12(14-8)19-7-10(16)13-5-3-4-11(17)18/h6H,3-5,7H2,1-2H3,(H,13,16)(H,17,18). The van der Waals surface area contributed by atoms with E-state index in [9.17, 15) is 9.59 Å². The zero-order valence-electron chi connectivity index (χ0n) is 11.0. The highest BCUT2D eigenvalue weighted by molar-refractivity contribution is 7.99. The minimum absolute atomic E-state index is 0.0631. The van der Waals surface area contributed by atoms with Crippen molar-refractivity contribution in [2.75, 3.05) is 12.3 Å². The van der Waals surface area contributed by atoms with Gasteiger partial charge in [-0.3, -0.25) is 9.59 Å². The summed E-state index contributed by atoms with van der Waals surface area (Å²) < 4.78 is 0. The molecule has 0 radical (unpaired) electrons. The maximum Gasteiger partial charge on any atom is 0.303 e. The molecule has 104 valence electrons. The molecule has 0 fully saturated rings. The second-order valence-electron chi connectivity index (χ2n) is 4.07. The topological polar surface area (TPSA) is 92.2 Å². The third kappa shape index (κ3) is 6.76. The number of rotatable bonds is 7. The number of hydrogen-bond donors (Lipinski definition) is 2.